The van der Waals surface area contributed by atoms with Gasteiger partial charge in [-0.25, -0.2) is 0 Å². The number of rotatable bonds is 8. The topological polar surface area (TPSA) is 53.6 Å². The number of hydrogen-bond acceptors (Lipinski definition) is 3. The Morgan fingerprint density at radius 2 is 2.29 bits per heavy atom. The summed E-state index contributed by atoms with van der Waals surface area (Å²) >= 11 is 0. The van der Waals surface area contributed by atoms with Gasteiger partial charge in [-0.15, -0.1) is 0 Å². The van der Waals surface area contributed by atoms with Crippen LogP contribution in [0, 0.1) is 11.3 Å². The Morgan fingerprint density at radius 3 is 2.88 bits per heavy atom. The Kier molecular flexibility index (Phi) is 5.71. The van der Waals surface area contributed by atoms with Crippen molar-refractivity contribution in [3.05, 3.63) is 18.5 Å². The Hall–Kier alpha value is -1.34. The monoisotopic (exact) mass is 234 g/mol. The summed E-state index contributed by atoms with van der Waals surface area (Å²) in [5.41, 5.74) is -0.375. The molecule has 1 rings (SSSR count). The number of nitriles is 1. The smallest absolute Gasteiger partial charge is 0.103 e. The SMILES string of the molecule is CCCNC(C)(C#N)CCCCn1cccn1. The van der Waals surface area contributed by atoms with Gasteiger partial charge in [-0.05, 0) is 45.2 Å². The molecule has 1 heterocycles. The van der Waals surface area contributed by atoms with E-state index < -0.39 is 0 Å². The summed E-state index contributed by atoms with van der Waals surface area (Å²) in [5.74, 6) is 0. The van der Waals surface area contributed by atoms with Crippen LogP contribution >= 0.6 is 0 Å². The molecule has 1 atom stereocenters. The fraction of sp³-hybridized carbons (Fsp3) is 0.692. The molecule has 1 unspecified atom stereocenters. The number of unbranched alkanes of at least 4 members (excludes halogenated alkanes) is 1. The van der Waals surface area contributed by atoms with Crippen LogP contribution in [0.4, 0.5) is 0 Å². The van der Waals surface area contributed by atoms with Gasteiger partial charge in [-0.2, -0.15) is 10.4 Å². The highest BCUT2D eigenvalue weighted by molar-refractivity contribution is 5.03. The van der Waals surface area contributed by atoms with Crippen LogP contribution in [0.2, 0.25) is 0 Å². The maximum Gasteiger partial charge on any atom is 0.103 e. The van der Waals surface area contributed by atoms with Crippen LogP contribution in [-0.4, -0.2) is 21.9 Å². The highest BCUT2D eigenvalue weighted by Crippen LogP contribution is 2.13. The van der Waals surface area contributed by atoms with Crippen molar-refractivity contribution in [1.82, 2.24) is 15.1 Å². The Labute approximate surface area is 104 Å². The normalized spacial score (nSPS) is 14.2. The maximum absolute atomic E-state index is 9.17. The molecule has 0 aromatic carbocycles. The molecule has 0 aliphatic heterocycles. The second-order valence-corrected chi connectivity index (χ2v) is 4.60. The Bertz CT molecular complexity index is 339. The summed E-state index contributed by atoms with van der Waals surface area (Å²) < 4.78 is 1.93. The lowest BCUT2D eigenvalue weighted by Gasteiger charge is -2.22. The Balaban J connectivity index is 2.21. The second-order valence-electron chi connectivity index (χ2n) is 4.60. The van der Waals surface area contributed by atoms with Gasteiger partial charge in [0, 0.05) is 18.9 Å². The van der Waals surface area contributed by atoms with E-state index in [0.29, 0.717) is 0 Å². The molecule has 0 fully saturated rings. The largest absolute Gasteiger partial charge is 0.300 e. The van der Waals surface area contributed by atoms with Crippen molar-refractivity contribution >= 4 is 0 Å². The van der Waals surface area contributed by atoms with Crippen molar-refractivity contribution < 1.29 is 0 Å². The second kappa shape index (κ2) is 7.08. The van der Waals surface area contributed by atoms with E-state index in [1.54, 1.807) is 6.20 Å². The van der Waals surface area contributed by atoms with Crippen molar-refractivity contribution in [2.45, 2.75) is 51.6 Å². The van der Waals surface area contributed by atoms with Gasteiger partial charge in [0.15, 0.2) is 0 Å². The van der Waals surface area contributed by atoms with Gasteiger partial charge in [0.25, 0.3) is 0 Å². The van der Waals surface area contributed by atoms with Crippen molar-refractivity contribution in [2.75, 3.05) is 6.54 Å². The first-order valence-corrected chi connectivity index (χ1v) is 6.34. The molecule has 4 heteroatoms. The van der Waals surface area contributed by atoms with E-state index in [0.717, 1.165) is 38.8 Å². The number of nitrogens with one attached hydrogen (secondary N) is 1. The van der Waals surface area contributed by atoms with E-state index in [9.17, 15) is 0 Å². The first-order chi connectivity index (χ1) is 8.20. The van der Waals surface area contributed by atoms with Crippen LogP contribution in [0.1, 0.15) is 39.5 Å². The third-order valence-corrected chi connectivity index (χ3v) is 2.89. The van der Waals surface area contributed by atoms with Gasteiger partial charge >= 0.3 is 0 Å². The van der Waals surface area contributed by atoms with Crippen LogP contribution in [0.15, 0.2) is 18.5 Å². The predicted octanol–water partition coefficient (Wildman–Crippen LogP) is 2.34. The summed E-state index contributed by atoms with van der Waals surface area (Å²) in [6.07, 6.45) is 7.82. The maximum atomic E-state index is 9.17. The average Bonchev–Trinajstić information content (AvgIpc) is 2.85. The third-order valence-electron chi connectivity index (χ3n) is 2.89. The average molecular weight is 234 g/mol. The van der Waals surface area contributed by atoms with Crippen molar-refractivity contribution in [3.63, 3.8) is 0 Å². The fourth-order valence-electron chi connectivity index (χ4n) is 1.77. The first-order valence-electron chi connectivity index (χ1n) is 6.34. The van der Waals surface area contributed by atoms with Crippen molar-refractivity contribution in [3.8, 4) is 6.07 Å². The van der Waals surface area contributed by atoms with E-state index in [4.69, 9.17) is 5.26 Å². The quantitative estimate of drug-likeness (QED) is 0.702. The standard InChI is InChI=1S/C13H22N4/c1-3-8-15-13(2,12-14)7-4-5-10-17-11-6-9-16-17/h6,9,11,15H,3-5,7-8,10H2,1-2H3. The van der Waals surface area contributed by atoms with Crippen LogP contribution in [0.25, 0.3) is 0 Å². The van der Waals surface area contributed by atoms with Gasteiger partial charge in [-0.3, -0.25) is 10.00 Å². The predicted molar refractivity (Wildman–Crippen MR) is 68.4 cm³/mol. The lowest BCUT2D eigenvalue weighted by molar-refractivity contribution is 0.393. The molecule has 0 aliphatic rings. The van der Waals surface area contributed by atoms with Crippen LogP contribution in [-0.2, 0) is 6.54 Å². The molecule has 0 aliphatic carbocycles. The molecule has 1 aromatic rings. The lowest BCUT2D eigenvalue weighted by atomic mass is 9.96. The molecule has 94 valence electrons. The molecule has 0 saturated carbocycles. The Morgan fingerprint density at radius 1 is 1.47 bits per heavy atom. The van der Waals surface area contributed by atoms with Crippen molar-refractivity contribution in [1.29, 1.82) is 5.26 Å². The molecule has 0 radical (unpaired) electrons. The van der Waals surface area contributed by atoms with Crippen LogP contribution in [0.3, 0.4) is 0 Å². The molecule has 0 spiro atoms. The van der Waals surface area contributed by atoms with Gasteiger partial charge in [0.1, 0.15) is 5.54 Å². The minimum Gasteiger partial charge on any atom is -0.300 e. The first kappa shape index (κ1) is 13.7. The van der Waals surface area contributed by atoms with E-state index >= 15 is 0 Å². The molecule has 1 aromatic heterocycles. The summed E-state index contributed by atoms with van der Waals surface area (Å²) in [5, 5.41) is 16.6. The zero-order chi connectivity index (χ0) is 12.6. The highest BCUT2D eigenvalue weighted by atomic mass is 15.3. The number of aryl methyl sites for hydroxylation is 1. The molecule has 0 amide bonds. The molecule has 0 saturated heterocycles. The highest BCUT2D eigenvalue weighted by Gasteiger charge is 2.21. The van der Waals surface area contributed by atoms with Crippen molar-refractivity contribution in [2.24, 2.45) is 0 Å². The number of aromatic nitrogens is 2. The van der Waals surface area contributed by atoms with Crippen LogP contribution < -0.4 is 5.32 Å². The molecule has 17 heavy (non-hydrogen) atoms. The van der Waals surface area contributed by atoms with E-state index in [2.05, 4.69) is 23.4 Å². The van der Waals surface area contributed by atoms with Gasteiger partial charge in [-0.1, -0.05) is 6.92 Å². The zero-order valence-corrected chi connectivity index (χ0v) is 10.8. The van der Waals surface area contributed by atoms with E-state index in [1.807, 2.05) is 23.9 Å². The third kappa shape index (κ3) is 5.01. The number of hydrogen-bond donors (Lipinski definition) is 1. The van der Waals surface area contributed by atoms with E-state index in [1.165, 1.54) is 0 Å². The van der Waals surface area contributed by atoms with Gasteiger partial charge < -0.3 is 0 Å². The lowest BCUT2D eigenvalue weighted by Crippen LogP contribution is -2.41. The summed E-state index contributed by atoms with van der Waals surface area (Å²) in [6, 6.07) is 4.31. The minimum absolute atomic E-state index is 0.375. The molecule has 0 bridgehead atoms. The fourth-order valence-corrected chi connectivity index (χ4v) is 1.77. The minimum atomic E-state index is -0.375. The van der Waals surface area contributed by atoms with Crippen LogP contribution in [0.5, 0.6) is 0 Å². The summed E-state index contributed by atoms with van der Waals surface area (Å²) in [4.78, 5) is 0. The molecular formula is C13H22N4. The van der Waals surface area contributed by atoms with Gasteiger partial charge in [0.2, 0.25) is 0 Å². The molecular weight excluding hydrogens is 212 g/mol. The summed E-state index contributed by atoms with van der Waals surface area (Å²) in [6.45, 7) is 5.94. The van der Waals surface area contributed by atoms with Gasteiger partial charge in [0.05, 0.1) is 6.07 Å². The zero-order valence-electron chi connectivity index (χ0n) is 10.8. The molecule has 4 nitrogen and oxygen atoms in total. The summed E-state index contributed by atoms with van der Waals surface area (Å²) in [7, 11) is 0. The number of nitrogens with zero attached hydrogens (tertiary/aromatic N) is 3. The van der Waals surface area contributed by atoms with E-state index in [-0.39, 0.29) is 5.54 Å². The molecule has 1 N–H and O–H groups in total.